The topological polar surface area (TPSA) is 32.3 Å². The molecule has 0 aromatic carbocycles. The summed E-state index contributed by atoms with van der Waals surface area (Å²) in [5.41, 5.74) is 1.26. The Morgan fingerprint density at radius 2 is 2.56 bits per heavy atom. The highest BCUT2D eigenvalue weighted by molar-refractivity contribution is 5.03. The van der Waals surface area contributed by atoms with Gasteiger partial charge in [0.2, 0.25) is 0 Å². The van der Waals surface area contributed by atoms with Crippen molar-refractivity contribution in [1.29, 1.82) is 0 Å². The Hall–Kier alpha value is -0.500. The van der Waals surface area contributed by atoms with Crippen LogP contribution in [0.2, 0.25) is 0 Å². The van der Waals surface area contributed by atoms with Crippen LogP contribution in [0.3, 0.4) is 0 Å². The molecule has 1 aliphatic carbocycles. The summed E-state index contributed by atoms with van der Waals surface area (Å²) in [4.78, 5) is 0. The first-order valence-electron chi connectivity index (χ1n) is 3.38. The van der Waals surface area contributed by atoms with Gasteiger partial charge in [-0.05, 0) is 19.3 Å². The van der Waals surface area contributed by atoms with Gasteiger partial charge in [-0.3, -0.25) is 0 Å². The molecule has 1 rings (SSSR count). The second-order valence-corrected chi connectivity index (χ2v) is 2.41. The van der Waals surface area contributed by atoms with E-state index in [4.69, 9.17) is 5.11 Å². The first kappa shape index (κ1) is 6.62. The summed E-state index contributed by atoms with van der Waals surface area (Å²) >= 11 is 0. The van der Waals surface area contributed by atoms with Crippen molar-refractivity contribution in [3.63, 3.8) is 0 Å². The lowest BCUT2D eigenvalue weighted by molar-refractivity contribution is 0.161. The maximum absolute atomic E-state index is 9.05. The Morgan fingerprint density at radius 1 is 1.78 bits per heavy atom. The highest BCUT2D eigenvalue weighted by atomic mass is 16.3. The van der Waals surface area contributed by atoms with Crippen LogP contribution in [-0.2, 0) is 0 Å². The number of rotatable bonds is 1. The van der Waals surface area contributed by atoms with Crippen molar-refractivity contribution in [3.8, 4) is 0 Å². The van der Waals surface area contributed by atoms with Crippen LogP contribution in [-0.4, -0.2) is 18.3 Å². The molecule has 1 atom stereocenters. The molecule has 2 heteroatoms. The predicted octanol–water partition coefficient (Wildman–Crippen LogP) is 0.635. The largest absolute Gasteiger partial charge is 0.393 e. The lowest BCUT2D eigenvalue weighted by Crippen LogP contribution is -2.16. The van der Waals surface area contributed by atoms with Gasteiger partial charge in [0.25, 0.3) is 0 Å². The number of allylic oxidation sites excluding steroid dienone is 1. The van der Waals surface area contributed by atoms with Crippen molar-refractivity contribution >= 4 is 0 Å². The van der Waals surface area contributed by atoms with Gasteiger partial charge in [-0.25, -0.2) is 0 Å². The molecule has 9 heavy (non-hydrogen) atoms. The minimum atomic E-state index is -0.0953. The summed E-state index contributed by atoms with van der Waals surface area (Å²) in [5.74, 6) is 0. The zero-order chi connectivity index (χ0) is 6.69. The summed E-state index contributed by atoms with van der Waals surface area (Å²) < 4.78 is 0. The minimum Gasteiger partial charge on any atom is -0.393 e. The van der Waals surface area contributed by atoms with Gasteiger partial charge in [-0.1, -0.05) is 6.08 Å². The van der Waals surface area contributed by atoms with Gasteiger partial charge < -0.3 is 10.4 Å². The molecule has 0 radical (unpaired) electrons. The Kier molecular flexibility index (Phi) is 2.11. The minimum absolute atomic E-state index is 0.0953. The average Bonchev–Trinajstić information content (AvgIpc) is 1.90. The van der Waals surface area contributed by atoms with Gasteiger partial charge in [0, 0.05) is 12.7 Å². The molecule has 0 heterocycles. The van der Waals surface area contributed by atoms with Gasteiger partial charge in [0.15, 0.2) is 0 Å². The number of hydrogen-bond acceptors (Lipinski definition) is 2. The zero-order valence-corrected chi connectivity index (χ0v) is 5.72. The predicted molar refractivity (Wildman–Crippen MR) is 37.0 cm³/mol. The van der Waals surface area contributed by atoms with Crippen LogP contribution in [0.15, 0.2) is 11.8 Å². The fraction of sp³-hybridized carbons (Fsp3) is 0.714. The van der Waals surface area contributed by atoms with E-state index in [2.05, 4.69) is 11.4 Å². The zero-order valence-electron chi connectivity index (χ0n) is 5.72. The third-order valence-electron chi connectivity index (χ3n) is 1.70. The molecule has 0 aromatic heterocycles. The Morgan fingerprint density at radius 3 is 3.00 bits per heavy atom. The summed E-state index contributed by atoms with van der Waals surface area (Å²) in [5, 5.41) is 12.1. The van der Waals surface area contributed by atoms with Crippen LogP contribution in [0.4, 0.5) is 0 Å². The standard InChI is InChI=1S/C7H13NO/c1-8-6-2-4-7(9)5-3-6/h2,7-9H,3-5H2,1H3. The van der Waals surface area contributed by atoms with Crippen LogP contribution in [0.1, 0.15) is 19.3 Å². The molecule has 1 unspecified atom stereocenters. The van der Waals surface area contributed by atoms with Gasteiger partial charge in [0.1, 0.15) is 0 Å². The van der Waals surface area contributed by atoms with Crippen LogP contribution < -0.4 is 5.32 Å². The van der Waals surface area contributed by atoms with Crippen LogP contribution in [0.25, 0.3) is 0 Å². The van der Waals surface area contributed by atoms with Gasteiger partial charge in [-0.2, -0.15) is 0 Å². The second-order valence-electron chi connectivity index (χ2n) is 2.41. The Bertz CT molecular complexity index is 120. The molecule has 0 saturated heterocycles. The van der Waals surface area contributed by atoms with Crippen molar-refractivity contribution in [2.75, 3.05) is 7.05 Å². The molecular formula is C7H13NO. The Balaban J connectivity index is 2.40. The van der Waals surface area contributed by atoms with E-state index in [-0.39, 0.29) is 6.10 Å². The molecule has 0 fully saturated rings. The first-order chi connectivity index (χ1) is 4.33. The van der Waals surface area contributed by atoms with E-state index in [1.807, 2.05) is 7.05 Å². The van der Waals surface area contributed by atoms with E-state index < -0.39 is 0 Å². The van der Waals surface area contributed by atoms with E-state index in [0.717, 1.165) is 19.3 Å². The molecule has 0 amide bonds. The quantitative estimate of drug-likeness (QED) is 0.541. The number of nitrogens with one attached hydrogen (secondary N) is 1. The monoisotopic (exact) mass is 127 g/mol. The normalized spacial score (nSPS) is 27.3. The summed E-state index contributed by atoms with van der Waals surface area (Å²) in [6.07, 6.45) is 4.69. The van der Waals surface area contributed by atoms with Crippen LogP contribution >= 0.6 is 0 Å². The lowest BCUT2D eigenvalue weighted by Gasteiger charge is -2.16. The van der Waals surface area contributed by atoms with Crippen molar-refractivity contribution in [3.05, 3.63) is 11.8 Å². The maximum atomic E-state index is 9.05. The van der Waals surface area contributed by atoms with Crippen LogP contribution in [0.5, 0.6) is 0 Å². The number of hydrogen-bond donors (Lipinski definition) is 2. The number of aliphatic hydroxyl groups is 1. The van der Waals surface area contributed by atoms with E-state index in [1.165, 1.54) is 5.70 Å². The molecule has 2 nitrogen and oxygen atoms in total. The SMILES string of the molecule is CNC1=CCC(O)CC1. The lowest BCUT2D eigenvalue weighted by atomic mass is 10.0. The average molecular weight is 127 g/mol. The summed E-state index contributed by atoms with van der Waals surface area (Å²) in [6.45, 7) is 0. The summed E-state index contributed by atoms with van der Waals surface area (Å²) in [7, 11) is 1.92. The molecule has 0 aromatic rings. The summed E-state index contributed by atoms with van der Waals surface area (Å²) in [6, 6.07) is 0. The van der Waals surface area contributed by atoms with Crippen molar-refractivity contribution in [2.24, 2.45) is 0 Å². The van der Waals surface area contributed by atoms with Crippen molar-refractivity contribution in [1.82, 2.24) is 5.32 Å². The molecule has 52 valence electrons. The highest BCUT2D eigenvalue weighted by Crippen LogP contribution is 2.14. The van der Waals surface area contributed by atoms with E-state index in [1.54, 1.807) is 0 Å². The van der Waals surface area contributed by atoms with Gasteiger partial charge >= 0.3 is 0 Å². The fourth-order valence-electron chi connectivity index (χ4n) is 1.05. The third kappa shape index (κ3) is 1.72. The second kappa shape index (κ2) is 2.87. The van der Waals surface area contributed by atoms with E-state index in [0.29, 0.717) is 0 Å². The van der Waals surface area contributed by atoms with Gasteiger partial charge in [0.05, 0.1) is 6.10 Å². The smallest absolute Gasteiger partial charge is 0.0579 e. The molecule has 0 bridgehead atoms. The maximum Gasteiger partial charge on any atom is 0.0579 e. The molecule has 0 aliphatic heterocycles. The molecule has 0 spiro atoms. The molecule has 1 aliphatic rings. The highest BCUT2D eigenvalue weighted by Gasteiger charge is 2.08. The Labute approximate surface area is 55.6 Å². The van der Waals surface area contributed by atoms with E-state index in [9.17, 15) is 0 Å². The third-order valence-corrected chi connectivity index (χ3v) is 1.70. The van der Waals surface area contributed by atoms with Gasteiger partial charge in [-0.15, -0.1) is 0 Å². The van der Waals surface area contributed by atoms with Crippen LogP contribution in [0, 0.1) is 0 Å². The fourth-order valence-corrected chi connectivity index (χ4v) is 1.05. The van der Waals surface area contributed by atoms with Crippen molar-refractivity contribution < 1.29 is 5.11 Å². The molecule has 0 saturated carbocycles. The number of aliphatic hydroxyl groups excluding tert-OH is 1. The van der Waals surface area contributed by atoms with Crippen molar-refractivity contribution in [2.45, 2.75) is 25.4 Å². The molecule has 2 N–H and O–H groups in total. The molecular weight excluding hydrogens is 114 g/mol. The van der Waals surface area contributed by atoms with E-state index >= 15 is 0 Å². The first-order valence-corrected chi connectivity index (χ1v) is 3.38.